The van der Waals surface area contributed by atoms with Gasteiger partial charge in [-0.3, -0.25) is 0 Å². The molecule has 51 heavy (non-hydrogen) atoms. The fourth-order valence-corrected chi connectivity index (χ4v) is 11.1. The normalized spacial score (nSPS) is 14.0. The molecule has 262 valence electrons. The highest BCUT2D eigenvalue weighted by molar-refractivity contribution is 7.85. The van der Waals surface area contributed by atoms with Crippen LogP contribution in [0.25, 0.3) is 10.8 Å². The summed E-state index contributed by atoms with van der Waals surface area (Å²) in [7, 11) is -7.97. The van der Waals surface area contributed by atoms with Crippen molar-refractivity contribution in [1.82, 2.24) is 0 Å². The molecule has 2 nitrogen and oxygen atoms in total. The summed E-state index contributed by atoms with van der Waals surface area (Å²) in [6.45, 7) is 1.82. The van der Waals surface area contributed by atoms with E-state index >= 15 is 9.13 Å². The van der Waals surface area contributed by atoms with Crippen LogP contribution in [0.3, 0.4) is 0 Å². The van der Waals surface area contributed by atoms with Gasteiger partial charge in [-0.1, -0.05) is 90.5 Å². The summed E-state index contributed by atoms with van der Waals surface area (Å²) in [5.74, 6) is 0. The summed E-state index contributed by atoms with van der Waals surface area (Å²) in [5, 5.41) is 1.57. The van der Waals surface area contributed by atoms with Gasteiger partial charge >= 0.3 is 18.5 Å². The third-order valence-electron chi connectivity index (χ3n) is 8.61. The maximum absolute atomic E-state index is 15.2. The summed E-state index contributed by atoms with van der Waals surface area (Å²) in [6, 6.07) is 27.0. The van der Waals surface area contributed by atoms with Crippen molar-refractivity contribution in [1.29, 1.82) is 0 Å². The van der Waals surface area contributed by atoms with Crippen LogP contribution >= 0.6 is 14.3 Å². The molecule has 0 N–H and O–H groups in total. The van der Waals surface area contributed by atoms with Crippen molar-refractivity contribution >= 4 is 56.9 Å². The van der Waals surface area contributed by atoms with E-state index in [0.29, 0.717) is 16.1 Å². The molecule has 1 unspecified atom stereocenters. The number of hydrogen-bond acceptors (Lipinski definition) is 2. The van der Waals surface area contributed by atoms with E-state index in [1.54, 1.807) is 48.5 Å². The van der Waals surface area contributed by atoms with Crippen LogP contribution in [-0.2, 0) is 27.7 Å². The fraction of sp³-hybridized carbons (Fsp3) is 0.105. The Bertz CT molecular complexity index is 2250. The molecule has 6 rings (SSSR count). The third-order valence-corrected chi connectivity index (χ3v) is 14.7. The Morgan fingerprint density at radius 1 is 0.353 bits per heavy atom. The number of benzene rings is 6. The Hall–Kier alpha value is -4.59. The number of halogens is 9. The van der Waals surface area contributed by atoms with Crippen molar-refractivity contribution < 1.29 is 48.6 Å². The van der Waals surface area contributed by atoms with E-state index < -0.39 is 49.5 Å². The van der Waals surface area contributed by atoms with Crippen LogP contribution in [0.15, 0.2) is 133 Å². The van der Waals surface area contributed by atoms with E-state index in [2.05, 4.69) is 0 Å². The zero-order valence-electron chi connectivity index (χ0n) is 26.3. The molecule has 0 aliphatic heterocycles. The standard InChI is InChI=1S/C38H25F9O2P2/c1-24-2-12-30(13-3-24)50(48,31-16-6-27(7-17-31)36(39,40)41)34-14-4-25-5-15-35(23-26(25)22-34)51(49,32-18-8-28(9-19-32)37(42,43)44)33-20-10-29(11-21-33)38(45,46)47/h2-23H,1H3. The van der Waals surface area contributed by atoms with Gasteiger partial charge in [0.25, 0.3) is 0 Å². The van der Waals surface area contributed by atoms with Crippen molar-refractivity contribution in [2.45, 2.75) is 25.5 Å². The second-order valence-corrected chi connectivity index (χ2v) is 17.4. The van der Waals surface area contributed by atoms with Gasteiger partial charge in [0.2, 0.25) is 0 Å². The predicted molar refractivity (Wildman–Crippen MR) is 182 cm³/mol. The Labute approximate surface area is 286 Å². The molecule has 0 spiro atoms. The van der Waals surface area contributed by atoms with Crippen LogP contribution < -0.4 is 31.8 Å². The minimum atomic E-state index is -4.70. The maximum Gasteiger partial charge on any atom is 0.416 e. The first-order valence-electron chi connectivity index (χ1n) is 15.2. The average Bonchev–Trinajstić information content (AvgIpc) is 3.10. The molecule has 1 atom stereocenters. The maximum atomic E-state index is 15.2. The van der Waals surface area contributed by atoms with Gasteiger partial charge in [-0.05, 0) is 66.2 Å². The van der Waals surface area contributed by atoms with Gasteiger partial charge in [-0.25, -0.2) is 0 Å². The van der Waals surface area contributed by atoms with Gasteiger partial charge in [0.05, 0.1) is 16.7 Å². The second kappa shape index (κ2) is 12.9. The van der Waals surface area contributed by atoms with Crippen LogP contribution in [0, 0.1) is 6.92 Å². The number of alkyl halides is 9. The molecule has 0 aliphatic rings. The second-order valence-electron chi connectivity index (χ2n) is 11.9. The van der Waals surface area contributed by atoms with E-state index in [0.717, 1.165) is 78.4 Å². The van der Waals surface area contributed by atoms with Crippen LogP contribution in [0.5, 0.6) is 0 Å². The van der Waals surface area contributed by atoms with Crippen molar-refractivity contribution in [2.24, 2.45) is 0 Å². The Balaban J connectivity index is 1.55. The molecular formula is C38H25F9O2P2. The molecule has 0 radical (unpaired) electrons. The van der Waals surface area contributed by atoms with Crippen LogP contribution in [0.1, 0.15) is 22.3 Å². The molecule has 6 aromatic rings. The average molecular weight is 747 g/mol. The molecule has 0 heterocycles. The van der Waals surface area contributed by atoms with Gasteiger partial charge in [0.1, 0.15) is 0 Å². The number of rotatable bonds is 6. The lowest BCUT2D eigenvalue weighted by Gasteiger charge is -2.23. The first-order valence-corrected chi connectivity index (χ1v) is 18.6. The van der Waals surface area contributed by atoms with Gasteiger partial charge in [0, 0.05) is 31.8 Å². The van der Waals surface area contributed by atoms with Gasteiger partial charge in [-0.2, -0.15) is 39.5 Å². The van der Waals surface area contributed by atoms with Gasteiger partial charge < -0.3 is 9.13 Å². The quantitative estimate of drug-likeness (QED) is 0.126. The molecular weight excluding hydrogens is 721 g/mol. The lowest BCUT2D eigenvalue weighted by atomic mass is 10.1. The van der Waals surface area contributed by atoms with Gasteiger partial charge in [-0.15, -0.1) is 0 Å². The number of aryl methyl sites for hydroxylation is 1. The van der Waals surface area contributed by atoms with E-state index in [9.17, 15) is 39.5 Å². The molecule has 6 aromatic carbocycles. The predicted octanol–water partition coefficient (Wildman–Crippen LogP) is 9.48. The van der Waals surface area contributed by atoms with E-state index in [1.165, 1.54) is 12.1 Å². The smallest absolute Gasteiger partial charge is 0.309 e. The fourth-order valence-electron chi connectivity index (χ4n) is 5.84. The highest BCUT2D eigenvalue weighted by Crippen LogP contribution is 2.46. The van der Waals surface area contributed by atoms with Crippen LogP contribution in [0.4, 0.5) is 39.5 Å². The molecule has 0 bridgehead atoms. The SMILES string of the molecule is Cc1ccc(P(=O)(c2ccc(C(F)(F)F)cc2)c2ccc3ccc(P(=O)(c4ccc(C(F)(F)F)cc4)c4ccc(C(F)(F)F)cc4)cc3c2)cc1. The topological polar surface area (TPSA) is 34.1 Å². The monoisotopic (exact) mass is 746 g/mol. The summed E-state index contributed by atoms with van der Waals surface area (Å²) >= 11 is 0. The summed E-state index contributed by atoms with van der Waals surface area (Å²) < 4.78 is 151. The highest BCUT2D eigenvalue weighted by atomic mass is 31.2. The molecule has 0 fully saturated rings. The van der Waals surface area contributed by atoms with Crippen molar-refractivity contribution in [3.63, 3.8) is 0 Å². The van der Waals surface area contributed by atoms with Crippen molar-refractivity contribution in [3.05, 3.63) is 156 Å². The summed E-state index contributed by atoms with van der Waals surface area (Å²) in [5.41, 5.74) is -2.10. The molecule has 0 amide bonds. The van der Waals surface area contributed by atoms with E-state index in [-0.39, 0.29) is 26.5 Å². The molecule has 13 heteroatoms. The molecule has 0 saturated carbocycles. The zero-order valence-corrected chi connectivity index (χ0v) is 28.1. The number of hydrogen-bond donors (Lipinski definition) is 0. The van der Waals surface area contributed by atoms with Gasteiger partial charge in [0.15, 0.2) is 14.3 Å². The van der Waals surface area contributed by atoms with Crippen molar-refractivity contribution in [2.75, 3.05) is 0 Å². The Morgan fingerprint density at radius 3 is 0.882 bits per heavy atom. The molecule has 0 saturated heterocycles. The van der Waals surface area contributed by atoms with Crippen molar-refractivity contribution in [3.8, 4) is 0 Å². The first-order chi connectivity index (χ1) is 23.8. The summed E-state index contributed by atoms with van der Waals surface area (Å²) in [4.78, 5) is 0. The first kappa shape index (κ1) is 36.2. The minimum Gasteiger partial charge on any atom is -0.309 e. The minimum absolute atomic E-state index is 0.0687. The lowest BCUT2D eigenvalue weighted by molar-refractivity contribution is -0.138. The third kappa shape index (κ3) is 6.89. The molecule has 0 aliphatic carbocycles. The van der Waals surface area contributed by atoms with Crippen LogP contribution in [-0.4, -0.2) is 0 Å². The van der Waals surface area contributed by atoms with E-state index in [4.69, 9.17) is 0 Å². The Kier molecular flexibility index (Phi) is 9.14. The number of fused-ring (bicyclic) bond motifs is 1. The lowest BCUT2D eigenvalue weighted by Crippen LogP contribution is -2.26. The summed E-state index contributed by atoms with van der Waals surface area (Å²) in [6.07, 6.45) is -14.0. The largest absolute Gasteiger partial charge is 0.416 e. The zero-order chi connectivity index (χ0) is 37.0. The highest BCUT2D eigenvalue weighted by Gasteiger charge is 2.37. The van der Waals surface area contributed by atoms with Crippen LogP contribution in [0.2, 0.25) is 0 Å². The van der Waals surface area contributed by atoms with E-state index in [1.807, 2.05) is 6.92 Å². The Morgan fingerprint density at radius 2 is 0.608 bits per heavy atom. The molecule has 0 aromatic heterocycles.